The number of nitrogens with zero attached hydrogens (tertiary/aromatic N) is 1. The lowest BCUT2D eigenvalue weighted by molar-refractivity contribution is -0.678. The standard InChI is InChI=1S/C8H12N.H2O4S/c1-7-5-4-6-9(3)8(7)2;1-5(2,3)4/h4-6H,1-3H3;(H2,1,2,3,4)/q+1;/p-1. The van der Waals surface area contributed by atoms with Gasteiger partial charge in [-0.3, -0.25) is 4.55 Å². The first-order chi connectivity index (χ1) is 6.22. The number of hydrogen-bond donors (Lipinski definition) is 1. The molecule has 1 aromatic rings. The molecular formula is C8H13NO4S. The Morgan fingerprint density at radius 1 is 1.43 bits per heavy atom. The van der Waals surface area contributed by atoms with Crippen molar-refractivity contribution in [1.82, 2.24) is 0 Å². The molecule has 0 aliphatic rings. The molecule has 0 saturated carbocycles. The van der Waals surface area contributed by atoms with Crippen LogP contribution in [0.15, 0.2) is 18.3 Å². The normalized spacial score (nSPS) is 10.4. The predicted octanol–water partition coefficient (Wildman–Crippen LogP) is 0.133. The molecule has 1 aromatic heterocycles. The van der Waals surface area contributed by atoms with Crippen molar-refractivity contribution in [2.45, 2.75) is 13.8 Å². The van der Waals surface area contributed by atoms with Crippen molar-refractivity contribution in [2.24, 2.45) is 7.05 Å². The Morgan fingerprint density at radius 3 is 2.14 bits per heavy atom. The minimum atomic E-state index is -4.92. The Labute approximate surface area is 83.6 Å². The molecule has 0 saturated heterocycles. The molecule has 1 rings (SSSR count). The fraction of sp³-hybridized carbons (Fsp3) is 0.375. The van der Waals surface area contributed by atoms with Crippen molar-refractivity contribution < 1.29 is 22.1 Å². The fourth-order valence-corrected chi connectivity index (χ4v) is 0.827. The molecule has 5 nitrogen and oxygen atoms in total. The van der Waals surface area contributed by atoms with Gasteiger partial charge in [0.15, 0.2) is 11.9 Å². The first-order valence-corrected chi connectivity index (χ1v) is 5.18. The van der Waals surface area contributed by atoms with E-state index in [1.807, 2.05) is 0 Å². The zero-order valence-electron chi connectivity index (χ0n) is 8.26. The van der Waals surface area contributed by atoms with E-state index in [1.54, 1.807) is 0 Å². The summed E-state index contributed by atoms with van der Waals surface area (Å²) in [5.41, 5.74) is 2.68. The maximum Gasteiger partial charge on any atom is 0.215 e. The first-order valence-electron chi connectivity index (χ1n) is 3.82. The van der Waals surface area contributed by atoms with E-state index in [0.29, 0.717) is 0 Å². The van der Waals surface area contributed by atoms with E-state index in [-0.39, 0.29) is 0 Å². The Kier molecular flexibility index (Phi) is 4.69. The molecule has 1 N–H and O–H groups in total. The maximum absolute atomic E-state index is 8.63. The van der Waals surface area contributed by atoms with E-state index in [4.69, 9.17) is 17.5 Å². The van der Waals surface area contributed by atoms with Crippen LogP contribution in [-0.4, -0.2) is 17.5 Å². The van der Waals surface area contributed by atoms with Gasteiger partial charge in [0.25, 0.3) is 0 Å². The highest BCUT2D eigenvalue weighted by Gasteiger charge is 1.99. The minimum absolute atomic E-state index is 1.33. The molecule has 0 aromatic carbocycles. The van der Waals surface area contributed by atoms with Gasteiger partial charge < -0.3 is 4.55 Å². The second-order valence-corrected chi connectivity index (χ2v) is 3.67. The number of rotatable bonds is 0. The summed E-state index contributed by atoms with van der Waals surface area (Å²) >= 11 is 0. The van der Waals surface area contributed by atoms with Gasteiger partial charge in [0.05, 0.1) is 0 Å². The highest BCUT2D eigenvalue weighted by Crippen LogP contribution is 1.96. The maximum atomic E-state index is 8.63. The molecule has 0 radical (unpaired) electrons. The van der Waals surface area contributed by atoms with Crippen LogP contribution in [-0.2, 0) is 17.4 Å². The van der Waals surface area contributed by atoms with Gasteiger partial charge in [0.2, 0.25) is 10.4 Å². The molecule has 0 amide bonds. The second-order valence-electron chi connectivity index (χ2n) is 2.82. The van der Waals surface area contributed by atoms with Crippen molar-refractivity contribution >= 4 is 10.4 Å². The summed E-state index contributed by atoms with van der Waals surface area (Å²) in [6.45, 7) is 4.24. The van der Waals surface area contributed by atoms with Crippen LogP contribution in [0.4, 0.5) is 0 Å². The average molecular weight is 219 g/mol. The first kappa shape index (κ1) is 13.0. The van der Waals surface area contributed by atoms with E-state index in [9.17, 15) is 0 Å². The van der Waals surface area contributed by atoms with Crippen molar-refractivity contribution in [3.63, 3.8) is 0 Å². The van der Waals surface area contributed by atoms with E-state index < -0.39 is 10.4 Å². The van der Waals surface area contributed by atoms with Gasteiger partial charge in [-0.15, -0.1) is 0 Å². The molecule has 1 heterocycles. The van der Waals surface area contributed by atoms with E-state index in [0.717, 1.165) is 0 Å². The van der Waals surface area contributed by atoms with Crippen LogP contribution in [0.3, 0.4) is 0 Å². The molecular weight excluding hydrogens is 206 g/mol. The Bertz CT molecular complexity index is 372. The van der Waals surface area contributed by atoms with E-state index >= 15 is 0 Å². The summed E-state index contributed by atoms with van der Waals surface area (Å²) in [6.07, 6.45) is 2.06. The van der Waals surface area contributed by atoms with Gasteiger partial charge >= 0.3 is 0 Å². The third-order valence-electron chi connectivity index (χ3n) is 1.76. The lowest BCUT2D eigenvalue weighted by Gasteiger charge is -1.94. The topological polar surface area (TPSA) is 81.3 Å². The van der Waals surface area contributed by atoms with Crippen molar-refractivity contribution in [3.05, 3.63) is 29.6 Å². The Morgan fingerprint density at radius 2 is 1.86 bits per heavy atom. The second kappa shape index (κ2) is 5.04. The number of hydrogen-bond acceptors (Lipinski definition) is 3. The summed E-state index contributed by atoms with van der Waals surface area (Å²) in [5, 5.41) is 0. The summed E-state index contributed by atoms with van der Waals surface area (Å²) in [7, 11) is -2.86. The SMILES string of the molecule is Cc1ccc[n+](C)c1C.O=S(=O)([O-])O. The Hall–Kier alpha value is -0.980. The highest BCUT2D eigenvalue weighted by molar-refractivity contribution is 7.79. The molecule has 80 valence electrons. The number of aryl methyl sites for hydroxylation is 2. The lowest BCUT2D eigenvalue weighted by Crippen LogP contribution is -2.31. The fourth-order valence-electron chi connectivity index (χ4n) is 0.827. The summed E-state index contributed by atoms with van der Waals surface area (Å²) in [6, 6.07) is 4.18. The minimum Gasteiger partial charge on any atom is -0.726 e. The molecule has 0 fully saturated rings. The monoisotopic (exact) mass is 219 g/mol. The van der Waals surface area contributed by atoms with Gasteiger partial charge in [-0.2, -0.15) is 0 Å². The van der Waals surface area contributed by atoms with E-state index in [1.165, 1.54) is 11.3 Å². The molecule has 0 spiro atoms. The highest BCUT2D eigenvalue weighted by atomic mass is 32.3. The molecule has 0 atom stereocenters. The zero-order chi connectivity index (χ0) is 11.4. The van der Waals surface area contributed by atoms with Crippen LogP contribution in [0.1, 0.15) is 11.3 Å². The molecule has 0 aliphatic heterocycles. The average Bonchev–Trinajstić information content (AvgIpc) is 1.97. The zero-order valence-corrected chi connectivity index (χ0v) is 9.08. The molecule has 0 aliphatic carbocycles. The van der Waals surface area contributed by atoms with E-state index in [2.05, 4.69) is 43.8 Å². The van der Waals surface area contributed by atoms with Gasteiger partial charge in [-0.1, -0.05) is 0 Å². The van der Waals surface area contributed by atoms with Crippen molar-refractivity contribution in [1.29, 1.82) is 0 Å². The molecule has 6 heteroatoms. The van der Waals surface area contributed by atoms with Crippen LogP contribution in [0.2, 0.25) is 0 Å². The molecule has 0 bridgehead atoms. The van der Waals surface area contributed by atoms with Crippen LogP contribution < -0.4 is 4.57 Å². The molecule has 14 heavy (non-hydrogen) atoms. The van der Waals surface area contributed by atoms with Crippen LogP contribution in [0, 0.1) is 13.8 Å². The van der Waals surface area contributed by atoms with Crippen LogP contribution in [0.25, 0.3) is 0 Å². The van der Waals surface area contributed by atoms with Gasteiger partial charge in [-0.25, -0.2) is 13.0 Å². The third kappa shape index (κ3) is 6.53. The summed E-state index contributed by atoms with van der Waals surface area (Å²) < 4.78 is 35.0. The third-order valence-corrected chi connectivity index (χ3v) is 1.76. The number of aromatic nitrogens is 1. The Balaban J connectivity index is 0.000000292. The van der Waals surface area contributed by atoms with Gasteiger partial charge in [0.1, 0.15) is 7.05 Å². The summed E-state index contributed by atoms with van der Waals surface area (Å²) in [4.78, 5) is 0. The molecule has 0 unspecified atom stereocenters. The largest absolute Gasteiger partial charge is 0.726 e. The smallest absolute Gasteiger partial charge is 0.215 e. The van der Waals surface area contributed by atoms with Crippen LogP contribution in [0.5, 0.6) is 0 Å². The van der Waals surface area contributed by atoms with Crippen molar-refractivity contribution in [2.75, 3.05) is 0 Å². The van der Waals surface area contributed by atoms with Crippen LogP contribution >= 0.6 is 0 Å². The predicted molar refractivity (Wildman–Crippen MR) is 49.4 cm³/mol. The van der Waals surface area contributed by atoms with Crippen molar-refractivity contribution in [3.8, 4) is 0 Å². The van der Waals surface area contributed by atoms with Gasteiger partial charge in [0, 0.05) is 18.6 Å². The lowest BCUT2D eigenvalue weighted by atomic mass is 10.2. The quantitative estimate of drug-likeness (QED) is 0.382. The van der Waals surface area contributed by atoms with Gasteiger partial charge in [-0.05, 0) is 13.0 Å². The summed E-state index contributed by atoms with van der Waals surface area (Å²) in [5.74, 6) is 0. The number of pyridine rings is 1.